The Morgan fingerprint density at radius 2 is 1.51 bits per heavy atom. The summed E-state index contributed by atoms with van der Waals surface area (Å²) in [4.78, 5) is 33.6. The van der Waals surface area contributed by atoms with Crippen molar-refractivity contribution in [3.8, 4) is 11.4 Å². The summed E-state index contributed by atoms with van der Waals surface area (Å²) in [5.74, 6) is 1.97. The van der Waals surface area contributed by atoms with Crippen LogP contribution in [0.3, 0.4) is 0 Å². The summed E-state index contributed by atoms with van der Waals surface area (Å²) in [6.07, 6.45) is 9.13. The van der Waals surface area contributed by atoms with E-state index < -0.39 is 0 Å². The number of rotatable bonds is 5. The molecule has 6 heteroatoms. The molecular weight excluding hydrogens is 436 g/mol. The smallest absolute Gasteiger partial charge is 0.251 e. The van der Waals surface area contributed by atoms with Gasteiger partial charge in [-0.25, -0.2) is 4.98 Å². The summed E-state index contributed by atoms with van der Waals surface area (Å²) in [7, 11) is 0. The molecule has 0 bridgehead atoms. The first kappa shape index (κ1) is 23.6. The summed E-state index contributed by atoms with van der Waals surface area (Å²) in [6, 6.07) is 13.7. The van der Waals surface area contributed by atoms with Crippen LogP contribution in [0.15, 0.2) is 42.5 Å². The molecule has 184 valence electrons. The van der Waals surface area contributed by atoms with Gasteiger partial charge in [0.15, 0.2) is 0 Å². The topological polar surface area (TPSA) is 86.9 Å². The van der Waals surface area contributed by atoms with Crippen LogP contribution in [0.5, 0.6) is 0 Å². The number of fused-ring (bicyclic) bond motifs is 1. The number of benzene rings is 2. The minimum atomic E-state index is -0.0296. The van der Waals surface area contributed by atoms with Crippen molar-refractivity contribution in [2.45, 2.75) is 77.3 Å². The number of aromatic nitrogens is 2. The zero-order valence-corrected chi connectivity index (χ0v) is 20.8. The van der Waals surface area contributed by atoms with Crippen LogP contribution in [0.25, 0.3) is 22.4 Å². The fourth-order valence-electron chi connectivity index (χ4n) is 5.52. The van der Waals surface area contributed by atoms with E-state index in [2.05, 4.69) is 29.5 Å². The Hall–Kier alpha value is -3.15. The van der Waals surface area contributed by atoms with Crippen LogP contribution in [0.2, 0.25) is 0 Å². The van der Waals surface area contributed by atoms with E-state index in [4.69, 9.17) is 4.98 Å². The van der Waals surface area contributed by atoms with Gasteiger partial charge in [-0.2, -0.15) is 0 Å². The van der Waals surface area contributed by atoms with Crippen molar-refractivity contribution >= 4 is 22.8 Å². The Bertz CT molecular complexity index is 1190. The van der Waals surface area contributed by atoms with Gasteiger partial charge in [0.05, 0.1) is 11.0 Å². The SMILES string of the molecule is CC1CCC(NC(=O)c2ccc(-c3nc4cc(C(=O)NC5CCCCC5C)ccc4[nH]3)cc2)CC1. The Morgan fingerprint density at radius 1 is 0.829 bits per heavy atom. The molecule has 1 aromatic heterocycles. The van der Waals surface area contributed by atoms with Gasteiger partial charge in [0.25, 0.3) is 11.8 Å². The van der Waals surface area contributed by atoms with Gasteiger partial charge in [-0.3, -0.25) is 9.59 Å². The largest absolute Gasteiger partial charge is 0.349 e. The van der Waals surface area contributed by atoms with Gasteiger partial charge in [-0.15, -0.1) is 0 Å². The molecule has 2 unspecified atom stereocenters. The number of aromatic amines is 1. The van der Waals surface area contributed by atoms with Crippen LogP contribution < -0.4 is 10.6 Å². The summed E-state index contributed by atoms with van der Waals surface area (Å²) < 4.78 is 0. The van der Waals surface area contributed by atoms with Crippen molar-refractivity contribution in [2.75, 3.05) is 0 Å². The normalized spacial score (nSPS) is 24.7. The predicted molar refractivity (Wildman–Crippen MR) is 139 cm³/mol. The number of nitrogens with zero attached hydrogens (tertiary/aromatic N) is 1. The molecule has 0 spiro atoms. The highest BCUT2D eigenvalue weighted by Crippen LogP contribution is 2.26. The Balaban J connectivity index is 1.26. The fourth-order valence-corrected chi connectivity index (χ4v) is 5.52. The van der Waals surface area contributed by atoms with E-state index in [1.165, 1.54) is 32.1 Å². The lowest BCUT2D eigenvalue weighted by atomic mass is 9.86. The molecule has 3 aromatic rings. The van der Waals surface area contributed by atoms with Crippen molar-refractivity contribution in [3.63, 3.8) is 0 Å². The maximum atomic E-state index is 12.9. The maximum Gasteiger partial charge on any atom is 0.251 e. The molecule has 2 amide bonds. The van der Waals surface area contributed by atoms with Crippen LogP contribution >= 0.6 is 0 Å². The Morgan fingerprint density at radius 3 is 2.26 bits per heavy atom. The van der Waals surface area contributed by atoms with Crippen LogP contribution in [-0.4, -0.2) is 33.9 Å². The van der Waals surface area contributed by atoms with Crippen molar-refractivity contribution in [1.29, 1.82) is 0 Å². The molecule has 6 nitrogen and oxygen atoms in total. The molecule has 0 saturated heterocycles. The number of imidazole rings is 1. The summed E-state index contributed by atoms with van der Waals surface area (Å²) in [5.41, 5.74) is 3.86. The third kappa shape index (κ3) is 5.42. The summed E-state index contributed by atoms with van der Waals surface area (Å²) >= 11 is 0. The minimum Gasteiger partial charge on any atom is -0.349 e. The van der Waals surface area contributed by atoms with E-state index in [0.717, 1.165) is 47.6 Å². The van der Waals surface area contributed by atoms with Gasteiger partial charge in [0.1, 0.15) is 5.82 Å². The van der Waals surface area contributed by atoms with Gasteiger partial charge in [-0.05, 0) is 80.7 Å². The molecule has 2 aromatic carbocycles. The molecular formula is C29H36N4O2. The second-order valence-electron chi connectivity index (χ2n) is 10.7. The quantitative estimate of drug-likeness (QED) is 0.435. The van der Waals surface area contributed by atoms with Crippen molar-refractivity contribution in [3.05, 3.63) is 53.6 Å². The van der Waals surface area contributed by atoms with E-state index in [0.29, 0.717) is 17.0 Å². The molecule has 1 heterocycles. The van der Waals surface area contributed by atoms with Crippen LogP contribution in [0.1, 0.15) is 85.9 Å². The second-order valence-corrected chi connectivity index (χ2v) is 10.7. The van der Waals surface area contributed by atoms with Crippen molar-refractivity contribution in [2.24, 2.45) is 11.8 Å². The maximum absolute atomic E-state index is 12.9. The lowest BCUT2D eigenvalue weighted by Gasteiger charge is -2.29. The van der Waals surface area contributed by atoms with Crippen molar-refractivity contribution in [1.82, 2.24) is 20.6 Å². The number of hydrogen-bond donors (Lipinski definition) is 3. The third-order valence-corrected chi connectivity index (χ3v) is 7.94. The molecule has 0 aliphatic heterocycles. The molecule has 2 atom stereocenters. The number of hydrogen-bond acceptors (Lipinski definition) is 3. The van der Waals surface area contributed by atoms with Gasteiger partial charge >= 0.3 is 0 Å². The Kier molecular flexibility index (Phi) is 6.89. The monoisotopic (exact) mass is 472 g/mol. The second kappa shape index (κ2) is 10.2. The molecule has 0 radical (unpaired) electrons. The number of carbonyl (C=O) groups is 2. The highest BCUT2D eigenvalue weighted by molar-refractivity contribution is 5.98. The molecule has 2 saturated carbocycles. The van der Waals surface area contributed by atoms with E-state index >= 15 is 0 Å². The van der Waals surface area contributed by atoms with Gasteiger partial charge in [0.2, 0.25) is 0 Å². The number of carbonyl (C=O) groups excluding carboxylic acids is 2. The number of amides is 2. The highest BCUT2D eigenvalue weighted by Gasteiger charge is 2.24. The highest BCUT2D eigenvalue weighted by atomic mass is 16.2. The number of nitrogens with one attached hydrogen (secondary N) is 3. The average molecular weight is 473 g/mol. The Labute approximate surface area is 207 Å². The zero-order chi connectivity index (χ0) is 24.4. The minimum absolute atomic E-state index is 0.0105. The van der Waals surface area contributed by atoms with Crippen LogP contribution in [0, 0.1) is 11.8 Å². The van der Waals surface area contributed by atoms with Crippen molar-refractivity contribution < 1.29 is 9.59 Å². The third-order valence-electron chi connectivity index (χ3n) is 7.94. The standard InChI is InChI=1S/C29H36N4O2/c1-18-7-14-23(15-8-18)30-28(34)21-11-9-20(10-12-21)27-31-25-16-13-22(17-26(25)32-27)29(35)33-24-6-4-3-5-19(24)2/h9-13,16-19,23-24H,3-8,14-15H2,1-2H3,(H,30,34)(H,31,32)(H,33,35). The molecule has 5 rings (SSSR count). The molecule has 35 heavy (non-hydrogen) atoms. The molecule has 2 aliphatic carbocycles. The lowest BCUT2D eigenvalue weighted by Crippen LogP contribution is -2.41. The van der Waals surface area contributed by atoms with Gasteiger partial charge < -0.3 is 15.6 Å². The average Bonchev–Trinajstić information content (AvgIpc) is 3.30. The van der Waals surface area contributed by atoms with Gasteiger partial charge in [-0.1, -0.05) is 38.8 Å². The first-order valence-corrected chi connectivity index (χ1v) is 13.2. The predicted octanol–water partition coefficient (Wildman–Crippen LogP) is 5.85. The molecule has 2 aliphatic rings. The van der Waals surface area contributed by atoms with E-state index in [1.807, 2.05) is 42.5 Å². The zero-order valence-electron chi connectivity index (χ0n) is 20.8. The first-order chi connectivity index (χ1) is 17.0. The molecule has 2 fully saturated rings. The van der Waals surface area contributed by atoms with E-state index in [1.54, 1.807) is 0 Å². The number of H-pyrrole nitrogens is 1. The van der Waals surface area contributed by atoms with Gasteiger partial charge in [0, 0.05) is 28.8 Å². The van der Waals surface area contributed by atoms with Crippen LogP contribution in [0.4, 0.5) is 0 Å². The summed E-state index contributed by atoms with van der Waals surface area (Å²) in [6.45, 7) is 4.50. The lowest BCUT2D eigenvalue weighted by molar-refractivity contribution is 0.0906. The van der Waals surface area contributed by atoms with Crippen LogP contribution in [-0.2, 0) is 0 Å². The van der Waals surface area contributed by atoms with E-state index in [9.17, 15) is 9.59 Å². The van der Waals surface area contributed by atoms with E-state index in [-0.39, 0.29) is 23.9 Å². The summed E-state index contributed by atoms with van der Waals surface area (Å²) in [5, 5.41) is 6.41. The molecule has 3 N–H and O–H groups in total. The first-order valence-electron chi connectivity index (χ1n) is 13.2. The fraction of sp³-hybridized carbons (Fsp3) is 0.483.